The number of urea groups is 1. The van der Waals surface area contributed by atoms with Crippen molar-refractivity contribution >= 4 is 17.8 Å². The fourth-order valence-corrected chi connectivity index (χ4v) is 2.00. The highest BCUT2D eigenvalue weighted by atomic mass is 16.2. The van der Waals surface area contributed by atoms with Crippen LogP contribution in [0.15, 0.2) is 42.6 Å². The van der Waals surface area contributed by atoms with Gasteiger partial charge < -0.3 is 16.0 Å². The van der Waals surface area contributed by atoms with Crippen molar-refractivity contribution in [1.82, 2.24) is 15.6 Å². The maximum absolute atomic E-state index is 12.2. The Bertz CT molecular complexity index is 694. The van der Waals surface area contributed by atoms with E-state index in [4.69, 9.17) is 0 Å². The van der Waals surface area contributed by atoms with Crippen molar-refractivity contribution in [3.05, 3.63) is 59.3 Å². The van der Waals surface area contributed by atoms with E-state index >= 15 is 0 Å². The van der Waals surface area contributed by atoms with Crippen LogP contribution in [0, 0.1) is 6.92 Å². The molecule has 0 unspecified atom stereocenters. The van der Waals surface area contributed by atoms with Gasteiger partial charge in [0.05, 0.1) is 0 Å². The molecule has 3 amide bonds. The zero-order valence-corrected chi connectivity index (χ0v) is 14.1. The molecule has 0 radical (unpaired) electrons. The Morgan fingerprint density at radius 3 is 2.38 bits per heavy atom. The monoisotopic (exact) mass is 326 g/mol. The molecule has 1 heterocycles. The van der Waals surface area contributed by atoms with E-state index in [0.717, 1.165) is 11.1 Å². The van der Waals surface area contributed by atoms with Crippen molar-refractivity contribution in [1.29, 1.82) is 0 Å². The Hall–Kier alpha value is -2.89. The van der Waals surface area contributed by atoms with Gasteiger partial charge in [0.2, 0.25) is 0 Å². The van der Waals surface area contributed by atoms with E-state index < -0.39 is 0 Å². The molecule has 0 aliphatic carbocycles. The number of aromatic nitrogens is 1. The van der Waals surface area contributed by atoms with Gasteiger partial charge in [0.15, 0.2) is 0 Å². The third kappa shape index (κ3) is 5.39. The lowest BCUT2D eigenvalue weighted by Gasteiger charge is -2.10. The molecule has 6 nitrogen and oxygen atoms in total. The quantitative estimate of drug-likeness (QED) is 0.790. The van der Waals surface area contributed by atoms with Gasteiger partial charge in [0.1, 0.15) is 5.82 Å². The van der Waals surface area contributed by atoms with Crippen LogP contribution < -0.4 is 16.0 Å². The number of carbonyl (C=O) groups is 2. The lowest BCUT2D eigenvalue weighted by atomic mass is 10.1. The lowest BCUT2D eigenvalue weighted by Crippen LogP contribution is -2.39. The van der Waals surface area contributed by atoms with E-state index in [0.29, 0.717) is 17.9 Å². The summed E-state index contributed by atoms with van der Waals surface area (Å²) in [7, 11) is 0. The molecule has 0 bridgehead atoms. The second-order valence-electron chi connectivity index (χ2n) is 5.85. The number of amides is 3. The molecule has 0 atom stereocenters. The molecule has 24 heavy (non-hydrogen) atoms. The number of anilines is 1. The molecular formula is C18H22N4O2. The zero-order chi connectivity index (χ0) is 17.5. The summed E-state index contributed by atoms with van der Waals surface area (Å²) >= 11 is 0. The van der Waals surface area contributed by atoms with Gasteiger partial charge >= 0.3 is 6.03 Å². The minimum atomic E-state index is -0.219. The van der Waals surface area contributed by atoms with Crippen molar-refractivity contribution in [2.24, 2.45) is 0 Å². The minimum Gasteiger partial charge on any atom is -0.336 e. The smallest absolute Gasteiger partial charge is 0.315 e. The third-order valence-corrected chi connectivity index (χ3v) is 3.24. The molecule has 0 aliphatic heterocycles. The Balaban J connectivity index is 1.90. The van der Waals surface area contributed by atoms with Crippen LogP contribution in [0.2, 0.25) is 0 Å². The molecule has 2 aromatic rings. The van der Waals surface area contributed by atoms with Crippen LogP contribution in [0.4, 0.5) is 10.6 Å². The molecule has 6 heteroatoms. The lowest BCUT2D eigenvalue weighted by molar-refractivity contribution is 0.102. The van der Waals surface area contributed by atoms with Gasteiger partial charge in [0, 0.05) is 24.3 Å². The molecule has 126 valence electrons. The summed E-state index contributed by atoms with van der Waals surface area (Å²) < 4.78 is 0. The number of rotatable bonds is 5. The highest BCUT2D eigenvalue weighted by Gasteiger charge is 2.07. The number of nitrogens with one attached hydrogen (secondary N) is 3. The predicted octanol–water partition coefficient (Wildman–Crippen LogP) is 2.85. The second kappa shape index (κ2) is 8.10. The van der Waals surface area contributed by atoms with Gasteiger partial charge in [-0.15, -0.1) is 0 Å². The van der Waals surface area contributed by atoms with E-state index in [9.17, 15) is 9.59 Å². The van der Waals surface area contributed by atoms with Gasteiger partial charge in [-0.3, -0.25) is 4.79 Å². The maximum Gasteiger partial charge on any atom is 0.315 e. The first-order valence-corrected chi connectivity index (χ1v) is 7.81. The van der Waals surface area contributed by atoms with Crippen molar-refractivity contribution in [2.75, 3.05) is 5.32 Å². The van der Waals surface area contributed by atoms with Crippen LogP contribution in [0.3, 0.4) is 0 Å². The summed E-state index contributed by atoms with van der Waals surface area (Å²) in [6, 6.07) is 10.6. The molecule has 0 saturated heterocycles. The Labute approximate surface area is 141 Å². The first-order valence-electron chi connectivity index (χ1n) is 7.81. The zero-order valence-electron chi connectivity index (χ0n) is 14.1. The summed E-state index contributed by atoms with van der Waals surface area (Å²) in [5.41, 5.74) is 2.48. The fourth-order valence-electron chi connectivity index (χ4n) is 2.00. The number of pyridine rings is 1. The number of nitrogens with zero attached hydrogens (tertiary/aromatic N) is 1. The average molecular weight is 326 g/mol. The Morgan fingerprint density at radius 1 is 1.08 bits per heavy atom. The molecule has 3 N–H and O–H groups in total. The number of hydrogen-bond donors (Lipinski definition) is 3. The van der Waals surface area contributed by atoms with Crippen LogP contribution in [0.1, 0.15) is 35.3 Å². The Kier molecular flexibility index (Phi) is 5.89. The van der Waals surface area contributed by atoms with Crippen LogP contribution in [-0.4, -0.2) is 23.0 Å². The Morgan fingerprint density at radius 2 is 1.79 bits per heavy atom. The third-order valence-electron chi connectivity index (χ3n) is 3.24. The van der Waals surface area contributed by atoms with Crippen LogP contribution >= 0.6 is 0 Å². The summed E-state index contributed by atoms with van der Waals surface area (Å²) in [5.74, 6) is 0.296. The summed E-state index contributed by atoms with van der Waals surface area (Å²) in [6.45, 7) is 6.14. The largest absolute Gasteiger partial charge is 0.336 e. The first-order chi connectivity index (χ1) is 11.4. The first kappa shape index (κ1) is 17.5. The van der Waals surface area contributed by atoms with E-state index in [-0.39, 0.29) is 18.0 Å². The minimum absolute atomic E-state index is 0.0893. The van der Waals surface area contributed by atoms with Crippen molar-refractivity contribution in [3.63, 3.8) is 0 Å². The van der Waals surface area contributed by atoms with Crippen LogP contribution in [0.5, 0.6) is 0 Å². The van der Waals surface area contributed by atoms with Crippen LogP contribution in [0.25, 0.3) is 0 Å². The van der Waals surface area contributed by atoms with E-state index in [1.807, 2.05) is 39.0 Å². The molecule has 0 spiro atoms. The second-order valence-corrected chi connectivity index (χ2v) is 5.85. The summed E-state index contributed by atoms with van der Waals surface area (Å²) in [6.07, 6.45) is 1.70. The topological polar surface area (TPSA) is 83.1 Å². The number of aryl methyl sites for hydroxylation is 1. The highest BCUT2D eigenvalue weighted by molar-refractivity contribution is 6.03. The summed E-state index contributed by atoms with van der Waals surface area (Å²) in [4.78, 5) is 27.8. The molecule has 0 saturated carbocycles. The van der Waals surface area contributed by atoms with Gasteiger partial charge in [-0.25, -0.2) is 9.78 Å². The highest BCUT2D eigenvalue weighted by Crippen LogP contribution is 2.09. The molecular weight excluding hydrogens is 304 g/mol. The molecule has 0 aliphatic rings. The normalized spacial score (nSPS) is 10.3. The number of benzene rings is 1. The molecule has 0 fully saturated rings. The van der Waals surface area contributed by atoms with Crippen molar-refractivity contribution < 1.29 is 9.59 Å². The van der Waals surface area contributed by atoms with Gasteiger partial charge in [-0.1, -0.05) is 18.2 Å². The maximum atomic E-state index is 12.2. The van der Waals surface area contributed by atoms with Crippen molar-refractivity contribution in [3.8, 4) is 0 Å². The van der Waals surface area contributed by atoms with E-state index in [1.165, 1.54) is 0 Å². The van der Waals surface area contributed by atoms with Gasteiger partial charge in [-0.05, 0) is 50.1 Å². The average Bonchev–Trinajstić information content (AvgIpc) is 2.55. The standard InChI is InChI=1S/C18H22N4O2/c1-12(2)21-18(24)20-11-14-5-7-15(8-6-14)17(23)22-16-9-4-13(3)10-19-16/h4-10,12H,11H2,1-3H3,(H,19,22,23)(H2,20,21,24). The molecule has 1 aromatic heterocycles. The fraction of sp³-hybridized carbons (Fsp3) is 0.278. The number of hydrogen-bond acceptors (Lipinski definition) is 3. The van der Waals surface area contributed by atoms with E-state index in [1.54, 1.807) is 24.4 Å². The van der Waals surface area contributed by atoms with Gasteiger partial charge in [-0.2, -0.15) is 0 Å². The van der Waals surface area contributed by atoms with E-state index in [2.05, 4.69) is 20.9 Å². The van der Waals surface area contributed by atoms with Crippen LogP contribution in [-0.2, 0) is 6.54 Å². The molecule has 2 rings (SSSR count). The molecule has 1 aromatic carbocycles. The van der Waals surface area contributed by atoms with Gasteiger partial charge in [0.25, 0.3) is 5.91 Å². The van der Waals surface area contributed by atoms with Crippen molar-refractivity contribution in [2.45, 2.75) is 33.4 Å². The number of carbonyl (C=O) groups excluding carboxylic acids is 2. The summed E-state index contributed by atoms with van der Waals surface area (Å²) in [5, 5.41) is 8.26. The SMILES string of the molecule is Cc1ccc(NC(=O)c2ccc(CNC(=O)NC(C)C)cc2)nc1. The predicted molar refractivity (Wildman–Crippen MR) is 93.9 cm³/mol.